The van der Waals surface area contributed by atoms with Crippen LogP contribution in [0.25, 0.3) is 10.9 Å². The summed E-state index contributed by atoms with van der Waals surface area (Å²) in [5.41, 5.74) is 1.41. The van der Waals surface area contributed by atoms with Gasteiger partial charge in [0.2, 0.25) is 5.91 Å². The van der Waals surface area contributed by atoms with Crippen molar-refractivity contribution in [2.24, 2.45) is 0 Å². The summed E-state index contributed by atoms with van der Waals surface area (Å²) in [6, 6.07) is 9.18. The summed E-state index contributed by atoms with van der Waals surface area (Å²) in [6.07, 6.45) is 0.227. The molecule has 0 N–H and O–H groups in total. The fourth-order valence-corrected chi connectivity index (χ4v) is 4.15. The number of carbonyl (C=O) groups excluding carboxylic acids is 2. The number of esters is 1. The Morgan fingerprint density at radius 1 is 1.39 bits per heavy atom. The average Bonchev–Trinajstić information content (AvgIpc) is 3.11. The van der Waals surface area contributed by atoms with Crippen molar-refractivity contribution in [2.75, 3.05) is 0 Å². The number of nitrogens with zero attached hydrogens (tertiary/aromatic N) is 1. The van der Waals surface area contributed by atoms with Crippen LogP contribution in [0.1, 0.15) is 34.6 Å². The summed E-state index contributed by atoms with van der Waals surface area (Å²) in [7, 11) is 0. The van der Waals surface area contributed by atoms with Gasteiger partial charge in [-0.2, -0.15) is 0 Å². The number of aromatic nitrogens is 1. The molecule has 4 rings (SSSR count). The van der Waals surface area contributed by atoms with E-state index in [-0.39, 0.29) is 24.2 Å². The van der Waals surface area contributed by atoms with Gasteiger partial charge in [-0.15, -0.1) is 11.3 Å². The van der Waals surface area contributed by atoms with Gasteiger partial charge in [0, 0.05) is 28.1 Å². The average molecular weight is 346 g/mol. The molecule has 0 fully saturated rings. The summed E-state index contributed by atoms with van der Waals surface area (Å²) < 4.78 is 7.11. The lowest BCUT2D eigenvalue weighted by Crippen LogP contribution is -2.23. The molecule has 0 aliphatic carbocycles. The highest BCUT2D eigenvalue weighted by atomic mass is 35.5. The topological polar surface area (TPSA) is 48.3 Å². The molecular weight excluding hydrogens is 334 g/mol. The molecule has 1 atom stereocenters. The Hall–Kier alpha value is -2.11. The van der Waals surface area contributed by atoms with Crippen molar-refractivity contribution in [1.82, 2.24) is 4.57 Å². The molecule has 2 aromatic heterocycles. The third-order valence-corrected chi connectivity index (χ3v) is 5.26. The molecule has 6 heteroatoms. The van der Waals surface area contributed by atoms with E-state index in [0.717, 1.165) is 16.0 Å². The highest BCUT2D eigenvalue weighted by Gasteiger charge is 2.36. The number of ether oxygens (including phenoxy) is 1. The van der Waals surface area contributed by atoms with Crippen molar-refractivity contribution in [3.63, 3.8) is 0 Å². The Bertz CT molecular complexity index is 943. The molecule has 116 valence electrons. The molecular formula is C17H12ClNO3S. The predicted molar refractivity (Wildman–Crippen MR) is 89.7 cm³/mol. The van der Waals surface area contributed by atoms with Gasteiger partial charge >= 0.3 is 5.97 Å². The van der Waals surface area contributed by atoms with Crippen LogP contribution in [0.2, 0.25) is 5.02 Å². The molecule has 1 aliphatic rings. The van der Waals surface area contributed by atoms with E-state index in [4.69, 9.17) is 16.3 Å². The minimum absolute atomic E-state index is 0.127. The highest BCUT2D eigenvalue weighted by molar-refractivity contribution is 7.10. The summed E-state index contributed by atoms with van der Waals surface area (Å²) in [5.74, 6) is -0.116. The second-order valence-corrected chi connectivity index (χ2v) is 6.89. The number of hydrogen-bond donors (Lipinski definition) is 0. The Morgan fingerprint density at radius 2 is 2.22 bits per heavy atom. The molecule has 0 radical (unpaired) electrons. The number of benzene rings is 1. The van der Waals surface area contributed by atoms with Gasteiger partial charge in [0.15, 0.2) is 5.75 Å². The van der Waals surface area contributed by atoms with Crippen LogP contribution in [0.15, 0.2) is 35.7 Å². The van der Waals surface area contributed by atoms with E-state index < -0.39 is 0 Å². The number of fused-ring (bicyclic) bond motifs is 3. The molecule has 3 heterocycles. The van der Waals surface area contributed by atoms with Crippen LogP contribution in [0.5, 0.6) is 5.75 Å². The van der Waals surface area contributed by atoms with Gasteiger partial charge < -0.3 is 4.74 Å². The van der Waals surface area contributed by atoms with Gasteiger partial charge in [-0.1, -0.05) is 17.7 Å². The van der Waals surface area contributed by atoms with Crippen LogP contribution in [0.3, 0.4) is 0 Å². The molecule has 23 heavy (non-hydrogen) atoms. The Labute approximate surface area is 141 Å². The SMILES string of the molecule is CC(=O)n1c2c(c3ccc(Cl)cc31)OC(=O)CC2c1cccs1. The molecule has 0 saturated carbocycles. The van der Waals surface area contributed by atoms with Crippen molar-refractivity contribution in [2.45, 2.75) is 19.3 Å². The summed E-state index contributed by atoms with van der Waals surface area (Å²) >= 11 is 7.66. The van der Waals surface area contributed by atoms with Gasteiger partial charge in [0.1, 0.15) is 0 Å². The van der Waals surface area contributed by atoms with Crippen molar-refractivity contribution in [3.05, 3.63) is 51.3 Å². The normalized spacial score (nSPS) is 17.1. The third-order valence-electron chi connectivity index (χ3n) is 4.04. The first-order chi connectivity index (χ1) is 11.1. The molecule has 0 spiro atoms. The van der Waals surface area contributed by atoms with Gasteiger partial charge in [0.25, 0.3) is 0 Å². The molecule has 0 saturated heterocycles. The van der Waals surface area contributed by atoms with Crippen molar-refractivity contribution < 1.29 is 14.3 Å². The lowest BCUT2D eigenvalue weighted by atomic mass is 9.96. The zero-order chi connectivity index (χ0) is 16.1. The monoisotopic (exact) mass is 345 g/mol. The maximum Gasteiger partial charge on any atom is 0.312 e. The van der Waals surface area contributed by atoms with E-state index >= 15 is 0 Å². The molecule has 3 aromatic rings. The van der Waals surface area contributed by atoms with Crippen LogP contribution in [0.4, 0.5) is 0 Å². The van der Waals surface area contributed by atoms with Crippen LogP contribution in [-0.4, -0.2) is 16.4 Å². The highest BCUT2D eigenvalue weighted by Crippen LogP contribution is 2.46. The van der Waals surface area contributed by atoms with Gasteiger partial charge in [-0.05, 0) is 29.6 Å². The van der Waals surface area contributed by atoms with Crippen LogP contribution >= 0.6 is 22.9 Å². The molecule has 1 aromatic carbocycles. The second-order valence-electron chi connectivity index (χ2n) is 5.48. The Balaban J connectivity index is 2.09. The Morgan fingerprint density at radius 3 is 2.91 bits per heavy atom. The van der Waals surface area contributed by atoms with Crippen LogP contribution < -0.4 is 4.74 Å². The van der Waals surface area contributed by atoms with E-state index in [9.17, 15) is 9.59 Å². The second kappa shape index (κ2) is 5.22. The predicted octanol–water partition coefficient (Wildman–Crippen LogP) is 4.46. The number of halogens is 1. The minimum atomic E-state index is -0.284. The fourth-order valence-electron chi connectivity index (χ4n) is 3.16. The number of hydrogen-bond acceptors (Lipinski definition) is 4. The summed E-state index contributed by atoms with van der Waals surface area (Å²) in [5, 5.41) is 3.23. The molecule has 0 amide bonds. The standard InChI is InChI=1S/C17H12ClNO3S/c1-9(20)19-13-7-10(18)4-5-11(13)17-16(19)12(8-15(21)22-17)14-3-2-6-23-14/h2-7,12H,8H2,1H3. The molecule has 0 bridgehead atoms. The van der Waals surface area contributed by atoms with E-state index in [1.807, 2.05) is 17.5 Å². The van der Waals surface area contributed by atoms with Crippen molar-refractivity contribution in [1.29, 1.82) is 0 Å². The molecule has 1 unspecified atom stereocenters. The smallest absolute Gasteiger partial charge is 0.312 e. The van der Waals surface area contributed by atoms with Crippen LogP contribution in [0, 0.1) is 0 Å². The fraction of sp³-hybridized carbons (Fsp3) is 0.176. The van der Waals surface area contributed by atoms with Gasteiger partial charge in [0.05, 0.1) is 17.6 Å². The Kier molecular flexibility index (Phi) is 3.28. The number of thiophene rings is 1. The third kappa shape index (κ3) is 2.19. The quantitative estimate of drug-likeness (QED) is 0.612. The van der Waals surface area contributed by atoms with E-state index in [0.29, 0.717) is 16.3 Å². The number of carbonyl (C=O) groups is 2. The summed E-state index contributed by atoms with van der Waals surface area (Å²) in [6.45, 7) is 1.50. The lowest BCUT2D eigenvalue weighted by Gasteiger charge is -2.22. The van der Waals surface area contributed by atoms with Gasteiger partial charge in [-0.3, -0.25) is 14.2 Å². The lowest BCUT2D eigenvalue weighted by molar-refractivity contribution is -0.135. The van der Waals surface area contributed by atoms with E-state index in [2.05, 4.69) is 0 Å². The first-order valence-electron chi connectivity index (χ1n) is 7.15. The first kappa shape index (κ1) is 14.5. The number of rotatable bonds is 1. The largest absolute Gasteiger partial charge is 0.424 e. The van der Waals surface area contributed by atoms with E-state index in [1.54, 1.807) is 34.1 Å². The maximum atomic E-state index is 12.3. The summed E-state index contributed by atoms with van der Waals surface area (Å²) in [4.78, 5) is 25.4. The molecule has 1 aliphatic heterocycles. The molecule has 4 nitrogen and oxygen atoms in total. The minimum Gasteiger partial charge on any atom is -0.424 e. The first-order valence-corrected chi connectivity index (χ1v) is 8.41. The van der Waals surface area contributed by atoms with E-state index in [1.165, 1.54) is 6.92 Å². The van der Waals surface area contributed by atoms with Gasteiger partial charge in [-0.25, -0.2) is 0 Å². The zero-order valence-corrected chi connectivity index (χ0v) is 13.8. The van der Waals surface area contributed by atoms with Crippen molar-refractivity contribution in [3.8, 4) is 5.75 Å². The zero-order valence-electron chi connectivity index (χ0n) is 12.2. The van der Waals surface area contributed by atoms with Crippen molar-refractivity contribution >= 4 is 45.7 Å². The van der Waals surface area contributed by atoms with Crippen LogP contribution in [-0.2, 0) is 4.79 Å². The maximum absolute atomic E-state index is 12.3.